The summed E-state index contributed by atoms with van der Waals surface area (Å²) in [5.41, 5.74) is 6.75. The molecule has 0 bridgehead atoms. The van der Waals surface area contributed by atoms with Gasteiger partial charge in [-0.15, -0.1) is 0 Å². The molecule has 2 saturated heterocycles. The molecule has 3 aliphatic rings. The predicted octanol–water partition coefficient (Wildman–Crippen LogP) is 2.09. The zero-order valence-electron chi connectivity index (χ0n) is 10.7. The van der Waals surface area contributed by atoms with Crippen molar-refractivity contribution >= 4 is 0 Å². The Labute approximate surface area is 104 Å². The van der Waals surface area contributed by atoms with E-state index in [0.717, 1.165) is 32.7 Å². The minimum absolute atomic E-state index is 0.242. The van der Waals surface area contributed by atoms with Crippen LogP contribution < -0.4 is 5.73 Å². The van der Waals surface area contributed by atoms with Crippen LogP contribution in [-0.2, 0) is 9.47 Å². The molecule has 1 spiro atoms. The monoisotopic (exact) mass is 239 g/mol. The lowest BCUT2D eigenvalue weighted by Crippen LogP contribution is -2.51. The van der Waals surface area contributed by atoms with Crippen molar-refractivity contribution in [1.82, 2.24) is 0 Å². The van der Waals surface area contributed by atoms with Crippen LogP contribution in [0.4, 0.5) is 0 Å². The van der Waals surface area contributed by atoms with E-state index in [1.165, 1.54) is 32.1 Å². The maximum absolute atomic E-state index is 6.51. The Balaban J connectivity index is 1.58. The van der Waals surface area contributed by atoms with Crippen LogP contribution in [0.5, 0.6) is 0 Å². The Bertz CT molecular complexity index is 259. The van der Waals surface area contributed by atoms with Crippen LogP contribution in [0.1, 0.15) is 44.9 Å². The molecule has 0 aromatic carbocycles. The van der Waals surface area contributed by atoms with Gasteiger partial charge in [-0.05, 0) is 56.8 Å². The molecule has 3 nitrogen and oxygen atoms in total. The lowest BCUT2D eigenvalue weighted by Gasteiger charge is -2.49. The third-order valence-corrected chi connectivity index (χ3v) is 5.15. The van der Waals surface area contributed by atoms with Gasteiger partial charge in [0.2, 0.25) is 0 Å². The van der Waals surface area contributed by atoms with E-state index >= 15 is 0 Å². The van der Waals surface area contributed by atoms with Gasteiger partial charge in [-0.3, -0.25) is 0 Å². The first-order valence-corrected chi connectivity index (χ1v) is 7.26. The largest absolute Gasteiger partial charge is 0.381 e. The van der Waals surface area contributed by atoms with E-state index in [9.17, 15) is 0 Å². The van der Waals surface area contributed by atoms with Gasteiger partial charge in [-0.1, -0.05) is 0 Å². The molecule has 3 fully saturated rings. The Morgan fingerprint density at radius 3 is 2.35 bits per heavy atom. The molecule has 0 amide bonds. The Morgan fingerprint density at radius 1 is 1.00 bits per heavy atom. The SMILES string of the molecule is NC(C1CCOCC1)C1CCOC2(CCC2)C1. The summed E-state index contributed by atoms with van der Waals surface area (Å²) in [5.74, 6) is 1.37. The summed E-state index contributed by atoms with van der Waals surface area (Å²) in [6, 6.07) is 0.375. The molecule has 0 aromatic heterocycles. The second-order valence-electron chi connectivity index (χ2n) is 6.17. The summed E-state index contributed by atoms with van der Waals surface area (Å²) in [5, 5.41) is 0. The Morgan fingerprint density at radius 2 is 1.71 bits per heavy atom. The highest BCUT2D eigenvalue weighted by atomic mass is 16.5. The third kappa shape index (κ3) is 2.38. The highest BCUT2D eigenvalue weighted by Crippen LogP contribution is 2.45. The molecule has 3 heteroatoms. The van der Waals surface area contributed by atoms with Gasteiger partial charge in [0.15, 0.2) is 0 Å². The zero-order chi connectivity index (χ0) is 11.7. The average Bonchev–Trinajstić information content (AvgIpc) is 2.37. The quantitative estimate of drug-likeness (QED) is 0.802. The molecule has 2 unspecified atom stereocenters. The van der Waals surface area contributed by atoms with E-state index < -0.39 is 0 Å². The van der Waals surface area contributed by atoms with Crippen molar-refractivity contribution in [2.75, 3.05) is 19.8 Å². The van der Waals surface area contributed by atoms with Gasteiger partial charge in [0.05, 0.1) is 5.60 Å². The zero-order valence-corrected chi connectivity index (χ0v) is 10.7. The van der Waals surface area contributed by atoms with Crippen LogP contribution in [0.3, 0.4) is 0 Å². The summed E-state index contributed by atoms with van der Waals surface area (Å²) >= 11 is 0. The summed E-state index contributed by atoms with van der Waals surface area (Å²) in [4.78, 5) is 0. The van der Waals surface area contributed by atoms with E-state index in [4.69, 9.17) is 15.2 Å². The first kappa shape index (κ1) is 11.9. The molecule has 17 heavy (non-hydrogen) atoms. The van der Waals surface area contributed by atoms with Crippen LogP contribution in [-0.4, -0.2) is 31.5 Å². The van der Waals surface area contributed by atoms with E-state index in [1.54, 1.807) is 0 Å². The van der Waals surface area contributed by atoms with Crippen molar-refractivity contribution in [2.45, 2.75) is 56.6 Å². The number of ether oxygens (including phenoxy) is 2. The van der Waals surface area contributed by atoms with Gasteiger partial charge in [-0.25, -0.2) is 0 Å². The van der Waals surface area contributed by atoms with Crippen molar-refractivity contribution in [3.05, 3.63) is 0 Å². The van der Waals surface area contributed by atoms with Crippen LogP contribution in [0, 0.1) is 11.8 Å². The first-order valence-electron chi connectivity index (χ1n) is 7.26. The molecule has 2 N–H and O–H groups in total. The standard InChI is InChI=1S/C14H25NO2/c15-13(11-2-7-16-8-3-11)12-4-9-17-14(10-12)5-1-6-14/h11-13H,1-10,15H2. The van der Waals surface area contributed by atoms with Gasteiger partial charge in [0.1, 0.15) is 0 Å². The van der Waals surface area contributed by atoms with Gasteiger partial charge in [0, 0.05) is 25.9 Å². The van der Waals surface area contributed by atoms with Gasteiger partial charge >= 0.3 is 0 Å². The highest BCUT2D eigenvalue weighted by molar-refractivity contribution is 4.97. The second kappa shape index (κ2) is 4.87. The normalized spacial score (nSPS) is 35.5. The highest BCUT2D eigenvalue weighted by Gasteiger charge is 2.44. The molecule has 0 radical (unpaired) electrons. The lowest BCUT2D eigenvalue weighted by molar-refractivity contribution is -0.148. The maximum atomic E-state index is 6.51. The number of hydrogen-bond donors (Lipinski definition) is 1. The molecule has 2 heterocycles. The molecule has 0 aromatic rings. The van der Waals surface area contributed by atoms with Crippen molar-refractivity contribution in [3.63, 3.8) is 0 Å². The fraction of sp³-hybridized carbons (Fsp3) is 1.00. The van der Waals surface area contributed by atoms with Crippen molar-refractivity contribution in [2.24, 2.45) is 17.6 Å². The van der Waals surface area contributed by atoms with Crippen molar-refractivity contribution < 1.29 is 9.47 Å². The Hall–Kier alpha value is -0.120. The van der Waals surface area contributed by atoms with Crippen LogP contribution in [0.25, 0.3) is 0 Å². The molecule has 98 valence electrons. The lowest BCUT2D eigenvalue weighted by atomic mass is 9.68. The van der Waals surface area contributed by atoms with Crippen molar-refractivity contribution in [3.8, 4) is 0 Å². The smallest absolute Gasteiger partial charge is 0.0685 e. The minimum atomic E-state index is 0.242. The summed E-state index contributed by atoms with van der Waals surface area (Å²) in [6.07, 6.45) is 8.58. The van der Waals surface area contributed by atoms with E-state index in [2.05, 4.69) is 0 Å². The number of hydrogen-bond acceptors (Lipinski definition) is 3. The molecule has 3 rings (SSSR count). The van der Waals surface area contributed by atoms with Gasteiger partial charge in [0.25, 0.3) is 0 Å². The molecular weight excluding hydrogens is 214 g/mol. The molecule has 2 atom stereocenters. The fourth-order valence-electron chi connectivity index (χ4n) is 3.80. The molecule has 2 aliphatic heterocycles. The van der Waals surface area contributed by atoms with E-state index in [-0.39, 0.29) is 5.60 Å². The number of nitrogens with two attached hydrogens (primary N) is 1. The first-order chi connectivity index (χ1) is 8.29. The summed E-state index contributed by atoms with van der Waals surface area (Å²) < 4.78 is 11.4. The number of rotatable bonds is 2. The predicted molar refractivity (Wildman–Crippen MR) is 66.8 cm³/mol. The molecule has 1 aliphatic carbocycles. The average molecular weight is 239 g/mol. The van der Waals surface area contributed by atoms with Crippen molar-refractivity contribution in [1.29, 1.82) is 0 Å². The Kier molecular flexibility index (Phi) is 3.42. The van der Waals surface area contributed by atoms with E-state index in [1.807, 2.05) is 0 Å². The maximum Gasteiger partial charge on any atom is 0.0685 e. The van der Waals surface area contributed by atoms with Crippen LogP contribution >= 0.6 is 0 Å². The molecule has 1 saturated carbocycles. The third-order valence-electron chi connectivity index (χ3n) is 5.15. The van der Waals surface area contributed by atoms with E-state index in [0.29, 0.717) is 17.9 Å². The summed E-state index contributed by atoms with van der Waals surface area (Å²) in [7, 11) is 0. The molecular formula is C14H25NO2. The van der Waals surface area contributed by atoms with Gasteiger partial charge < -0.3 is 15.2 Å². The van der Waals surface area contributed by atoms with Gasteiger partial charge in [-0.2, -0.15) is 0 Å². The minimum Gasteiger partial charge on any atom is -0.381 e. The second-order valence-corrected chi connectivity index (χ2v) is 6.17. The van der Waals surface area contributed by atoms with Crippen LogP contribution in [0.2, 0.25) is 0 Å². The topological polar surface area (TPSA) is 44.5 Å². The fourth-order valence-corrected chi connectivity index (χ4v) is 3.80. The summed E-state index contributed by atoms with van der Waals surface area (Å²) in [6.45, 7) is 2.75. The van der Waals surface area contributed by atoms with Crippen LogP contribution in [0.15, 0.2) is 0 Å².